The number of nitrogens with one attached hydrogen (secondary N) is 1. The van der Waals surface area contributed by atoms with Crippen LogP contribution in [0, 0.1) is 5.92 Å². The number of hydrogen-bond acceptors (Lipinski definition) is 5. The van der Waals surface area contributed by atoms with Crippen molar-refractivity contribution in [1.82, 2.24) is 15.1 Å². The second kappa shape index (κ2) is 9.83. The number of urea groups is 1. The number of hydrogen-bond donors (Lipinski definition) is 1. The SMILES string of the molecule is C=C(C(CNC(=O)N1C[C@H]2C[C@@H]1CO2)=C(C)C(C)C)[C@@H]1COCCN1C(=O)OC(C)(C)C. The fourth-order valence-corrected chi connectivity index (χ4v) is 4.40. The Labute approximate surface area is 191 Å². The Morgan fingerprint density at radius 2 is 1.94 bits per heavy atom. The predicted octanol–water partition coefficient (Wildman–Crippen LogP) is 3.33. The Hall–Kier alpha value is -2.06. The van der Waals surface area contributed by atoms with Gasteiger partial charge in [0.15, 0.2) is 0 Å². The van der Waals surface area contributed by atoms with Gasteiger partial charge in [0.2, 0.25) is 0 Å². The molecule has 0 unspecified atom stereocenters. The number of rotatable bonds is 5. The highest BCUT2D eigenvalue weighted by Crippen LogP contribution is 2.29. The number of allylic oxidation sites excluding steroid dienone is 1. The molecule has 8 nitrogen and oxygen atoms in total. The molecule has 0 aliphatic carbocycles. The number of likely N-dealkylation sites (tertiary alicyclic amines) is 1. The van der Waals surface area contributed by atoms with Crippen LogP contribution >= 0.6 is 0 Å². The van der Waals surface area contributed by atoms with E-state index < -0.39 is 5.60 Å². The van der Waals surface area contributed by atoms with Crippen LogP contribution in [0.2, 0.25) is 0 Å². The molecule has 0 aromatic rings. The molecule has 3 aliphatic rings. The summed E-state index contributed by atoms with van der Waals surface area (Å²) in [6.45, 7) is 19.1. The van der Waals surface area contributed by atoms with E-state index in [4.69, 9.17) is 14.2 Å². The first-order valence-electron chi connectivity index (χ1n) is 11.6. The van der Waals surface area contributed by atoms with Crippen molar-refractivity contribution < 1.29 is 23.8 Å². The summed E-state index contributed by atoms with van der Waals surface area (Å²) in [7, 11) is 0. The third-order valence-corrected chi connectivity index (χ3v) is 6.47. The maximum atomic E-state index is 12.9. The van der Waals surface area contributed by atoms with Crippen LogP contribution in [0.4, 0.5) is 9.59 Å². The summed E-state index contributed by atoms with van der Waals surface area (Å²) in [4.78, 5) is 29.3. The highest BCUT2D eigenvalue weighted by Gasteiger charge is 2.41. The lowest BCUT2D eigenvalue weighted by Crippen LogP contribution is -2.52. The number of morpholine rings is 2. The summed E-state index contributed by atoms with van der Waals surface area (Å²) in [6, 6.07) is -0.252. The molecule has 2 bridgehead atoms. The third kappa shape index (κ3) is 5.64. The highest BCUT2D eigenvalue weighted by molar-refractivity contribution is 5.76. The summed E-state index contributed by atoms with van der Waals surface area (Å²) >= 11 is 0. The zero-order valence-corrected chi connectivity index (χ0v) is 20.4. The fraction of sp³-hybridized carbons (Fsp3) is 0.750. The summed E-state index contributed by atoms with van der Waals surface area (Å²) in [5, 5.41) is 3.08. The summed E-state index contributed by atoms with van der Waals surface area (Å²) in [5.74, 6) is 0.273. The molecule has 3 heterocycles. The topological polar surface area (TPSA) is 80.3 Å². The molecule has 0 spiro atoms. The van der Waals surface area contributed by atoms with E-state index in [2.05, 4.69) is 32.7 Å². The molecule has 1 N–H and O–H groups in total. The van der Waals surface area contributed by atoms with Gasteiger partial charge in [-0.2, -0.15) is 0 Å². The van der Waals surface area contributed by atoms with Crippen LogP contribution in [0.3, 0.4) is 0 Å². The fourth-order valence-electron chi connectivity index (χ4n) is 4.40. The van der Waals surface area contributed by atoms with Crippen molar-refractivity contribution in [3.8, 4) is 0 Å². The van der Waals surface area contributed by atoms with Crippen molar-refractivity contribution in [2.24, 2.45) is 5.92 Å². The van der Waals surface area contributed by atoms with E-state index in [-0.39, 0.29) is 36.2 Å². The normalized spacial score (nSPS) is 26.3. The van der Waals surface area contributed by atoms with Gasteiger partial charge in [-0.15, -0.1) is 0 Å². The molecule has 0 saturated carbocycles. The predicted molar refractivity (Wildman–Crippen MR) is 122 cm³/mol. The Kier molecular flexibility index (Phi) is 7.55. The summed E-state index contributed by atoms with van der Waals surface area (Å²) in [6.07, 6.45) is 0.707. The first kappa shape index (κ1) is 24.6. The quantitative estimate of drug-likeness (QED) is 0.651. The highest BCUT2D eigenvalue weighted by atomic mass is 16.6. The van der Waals surface area contributed by atoms with Gasteiger partial charge in [-0.1, -0.05) is 26.0 Å². The second-order valence-electron chi connectivity index (χ2n) is 10.3. The van der Waals surface area contributed by atoms with Gasteiger partial charge < -0.3 is 24.4 Å². The minimum absolute atomic E-state index is 0.0773. The van der Waals surface area contributed by atoms with Crippen LogP contribution in [0.25, 0.3) is 0 Å². The van der Waals surface area contributed by atoms with Crippen LogP contribution in [0.15, 0.2) is 23.3 Å². The van der Waals surface area contributed by atoms with Gasteiger partial charge >= 0.3 is 12.1 Å². The van der Waals surface area contributed by atoms with Gasteiger partial charge in [0, 0.05) is 19.6 Å². The van der Waals surface area contributed by atoms with Crippen molar-refractivity contribution in [2.75, 3.05) is 39.5 Å². The maximum Gasteiger partial charge on any atom is 0.410 e. The molecule has 0 aromatic heterocycles. The molecule has 3 fully saturated rings. The van der Waals surface area contributed by atoms with E-state index in [1.165, 1.54) is 0 Å². The van der Waals surface area contributed by atoms with Crippen LogP contribution in [0.5, 0.6) is 0 Å². The largest absolute Gasteiger partial charge is 0.444 e. The molecule has 180 valence electrons. The molecule has 3 rings (SSSR count). The van der Waals surface area contributed by atoms with Gasteiger partial charge in [0.25, 0.3) is 0 Å². The molecule has 32 heavy (non-hydrogen) atoms. The van der Waals surface area contributed by atoms with E-state index >= 15 is 0 Å². The van der Waals surface area contributed by atoms with Crippen molar-refractivity contribution in [3.05, 3.63) is 23.3 Å². The maximum absolute atomic E-state index is 12.9. The van der Waals surface area contributed by atoms with Gasteiger partial charge in [0.05, 0.1) is 38.0 Å². The van der Waals surface area contributed by atoms with E-state index in [0.717, 1.165) is 23.1 Å². The van der Waals surface area contributed by atoms with Crippen molar-refractivity contribution in [3.63, 3.8) is 0 Å². The Morgan fingerprint density at radius 3 is 2.50 bits per heavy atom. The average Bonchev–Trinajstić information content (AvgIpc) is 3.35. The molecule has 3 amide bonds. The standard InChI is InChI=1S/C24H39N3O5/c1-15(2)16(3)20(11-25-22(28)27-12-19-10-18(27)13-31-19)17(4)21-14-30-9-8-26(21)23(29)32-24(5,6)7/h15,18-19,21H,4,8-14H2,1-3,5-7H3,(H,25,28)/t18-,19-,21+/m1/s1. The Bertz CT molecular complexity index is 770. The van der Waals surface area contributed by atoms with Crippen LogP contribution in [-0.2, 0) is 14.2 Å². The molecular weight excluding hydrogens is 410 g/mol. The van der Waals surface area contributed by atoms with Crippen LogP contribution in [-0.4, -0.2) is 85.2 Å². The van der Waals surface area contributed by atoms with Gasteiger partial charge in [-0.25, -0.2) is 9.59 Å². The number of nitrogens with zero attached hydrogens (tertiary/aromatic N) is 2. The average molecular weight is 450 g/mol. The van der Waals surface area contributed by atoms with Gasteiger partial charge in [-0.05, 0) is 51.2 Å². The number of ether oxygens (including phenoxy) is 3. The second-order valence-corrected chi connectivity index (χ2v) is 10.3. The first-order chi connectivity index (χ1) is 15.0. The smallest absolute Gasteiger partial charge is 0.410 e. The third-order valence-electron chi connectivity index (χ3n) is 6.47. The lowest BCUT2D eigenvalue weighted by atomic mass is 9.90. The van der Waals surface area contributed by atoms with E-state index in [9.17, 15) is 9.59 Å². The summed E-state index contributed by atoms with van der Waals surface area (Å²) < 4.78 is 16.9. The van der Waals surface area contributed by atoms with E-state index in [1.54, 1.807) is 4.90 Å². The molecule has 8 heteroatoms. The van der Waals surface area contributed by atoms with Gasteiger partial charge in [0.1, 0.15) is 5.60 Å². The van der Waals surface area contributed by atoms with Crippen LogP contribution in [0.1, 0.15) is 48.0 Å². The molecule has 3 atom stereocenters. The minimum atomic E-state index is -0.583. The number of amides is 3. The van der Waals surface area contributed by atoms with Crippen LogP contribution < -0.4 is 5.32 Å². The van der Waals surface area contributed by atoms with E-state index in [1.807, 2.05) is 25.7 Å². The van der Waals surface area contributed by atoms with Crippen molar-refractivity contribution in [2.45, 2.75) is 71.8 Å². The Morgan fingerprint density at radius 1 is 1.22 bits per heavy atom. The van der Waals surface area contributed by atoms with E-state index in [0.29, 0.717) is 39.5 Å². The number of carbonyl (C=O) groups excluding carboxylic acids is 2. The van der Waals surface area contributed by atoms with Crippen molar-refractivity contribution in [1.29, 1.82) is 0 Å². The zero-order valence-electron chi connectivity index (χ0n) is 20.4. The minimum Gasteiger partial charge on any atom is -0.444 e. The lowest BCUT2D eigenvalue weighted by molar-refractivity contribution is -0.0236. The molecule has 0 radical (unpaired) electrons. The molecular formula is C24H39N3O5. The molecule has 0 aromatic carbocycles. The zero-order chi connectivity index (χ0) is 23.6. The lowest BCUT2D eigenvalue weighted by Gasteiger charge is -2.38. The Balaban J connectivity index is 1.74. The first-order valence-corrected chi connectivity index (χ1v) is 11.6. The summed E-state index contributed by atoms with van der Waals surface area (Å²) in [5.41, 5.74) is 2.29. The molecule has 3 saturated heterocycles. The molecule has 3 aliphatic heterocycles. The number of carbonyl (C=O) groups is 2. The van der Waals surface area contributed by atoms with Gasteiger partial charge in [-0.3, -0.25) is 4.90 Å². The van der Waals surface area contributed by atoms with Crippen molar-refractivity contribution >= 4 is 12.1 Å². The number of fused-ring (bicyclic) bond motifs is 2. The monoisotopic (exact) mass is 449 g/mol.